The Hall–Kier alpha value is -1.08. The molecule has 0 aromatic heterocycles. The number of carbonyl (C=O) groups is 1. The van der Waals surface area contributed by atoms with E-state index in [1.54, 1.807) is 0 Å². The summed E-state index contributed by atoms with van der Waals surface area (Å²) in [4.78, 5) is 11.3. The molecule has 0 aliphatic carbocycles. The number of nitriles is 1. The highest BCUT2D eigenvalue weighted by molar-refractivity contribution is 5.75. The molecule has 0 radical (unpaired) electrons. The van der Waals surface area contributed by atoms with Gasteiger partial charge in [0.15, 0.2) is 0 Å². The Bertz CT molecular complexity index is 210. The topological polar surface area (TPSA) is 78.9 Å². The van der Waals surface area contributed by atoms with Crippen LogP contribution in [0.2, 0.25) is 0 Å². The number of nitrogens with zero attached hydrogens (tertiary/aromatic N) is 1. The van der Waals surface area contributed by atoms with Crippen molar-refractivity contribution in [2.75, 3.05) is 13.1 Å². The highest BCUT2D eigenvalue weighted by Crippen LogP contribution is 2.13. The van der Waals surface area contributed by atoms with Crippen molar-refractivity contribution in [1.82, 2.24) is 5.32 Å². The Morgan fingerprint density at radius 3 is 2.80 bits per heavy atom. The van der Waals surface area contributed by atoms with E-state index in [-0.39, 0.29) is 5.91 Å². The van der Waals surface area contributed by atoms with Gasteiger partial charge in [-0.2, -0.15) is 5.26 Å². The van der Waals surface area contributed by atoms with Crippen molar-refractivity contribution < 1.29 is 4.79 Å². The Morgan fingerprint density at radius 1 is 1.53 bits per heavy atom. The summed E-state index contributed by atoms with van der Waals surface area (Å²) in [6.07, 6.45) is 3.88. The van der Waals surface area contributed by atoms with E-state index in [9.17, 15) is 4.79 Å². The van der Waals surface area contributed by atoms with Gasteiger partial charge in [-0.05, 0) is 25.3 Å². The third kappa shape index (κ3) is 7.95. The average Bonchev–Trinajstić information content (AvgIpc) is 2.24. The van der Waals surface area contributed by atoms with Crippen molar-refractivity contribution in [3.8, 4) is 6.07 Å². The molecule has 1 atom stereocenters. The van der Waals surface area contributed by atoms with Crippen LogP contribution in [0.4, 0.5) is 0 Å². The van der Waals surface area contributed by atoms with E-state index >= 15 is 0 Å². The minimum Gasteiger partial charge on any atom is -0.355 e. The van der Waals surface area contributed by atoms with E-state index in [0.717, 1.165) is 19.3 Å². The standard InChI is InChI=1S/C11H21N3O/c1-2-10(6-8-13)4-5-11(15)14-9-3-7-12/h10H,2-6,8-9,13H2,1H3,(H,14,15). The summed E-state index contributed by atoms with van der Waals surface area (Å²) in [6, 6.07) is 1.99. The fourth-order valence-corrected chi connectivity index (χ4v) is 1.47. The molecule has 0 saturated carbocycles. The number of hydrogen-bond acceptors (Lipinski definition) is 3. The Morgan fingerprint density at radius 2 is 2.27 bits per heavy atom. The van der Waals surface area contributed by atoms with Crippen LogP contribution in [0.5, 0.6) is 0 Å². The van der Waals surface area contributed by atoms with Gasteiger partial charge in [-0.1, -0.05) is 13.3 Å². The van der Waals surface area contributed by atoms with Crippen molar-refractivity contribution in [2.45, 2.75) is 39.0 Å². The second kappa shape index (κ2) is 9.47. The third-order valence-corrected chi connectivity index (χ3v) is 2.49. The van der Waals surface area contributed by atoms with E-state index in [1.807, 2.05) is 6.07 Å². The minimum absolute atomic E-state index is 0.0423. The Balaban J connectivity index is 3.55. The molecule has 0 aliphatic heterocycles. The molecule has 1 unspecified atom stereocenters. The lowest BCUT2D eigenvalue weighted by Gasteiger charge is -2.12. The molecule has 0 rings (SSSR count). The van der Waals surface area contributed by atoms with Gasteiger partial charge in [0.1, 0.15) is 0 Å². The predicted molar refractivity (Wildman–Crippen MR) is 59.9 cm³/mol. The molecule has 0 bridgehead atoms. The van der Waals surface area contributed by atoms with Crippen molar-refractivity contribution in [3.05, 3.63) is 0 Å². The Labute approximate surface area is 91.8 Å². The zero-order valence-electron chi connectivity index (χ0n) is 9.46. The van der Waals surface area contributed by atoms with Gasteiger partial charge in [0.2, 0.25) is 5.91 Å². The van der Waals surface area contributed by atoms with Crippen LogP contribution in [0.15, 0.2) is 0 Å². The highest BCUT2D eigenvalue weighted by Gasteiger charge is 2.08. The number of rotatable bonds is 8. The maximum absolute atomic E-state index is 11.3. The summed E-state index contributed by atoms with van der Waals surface area (Å²) in [6.45, 7) is 3.27. The van der Waals surface area contributed by atoms with Gasteiger partial charge < -0.3 is 11.1 Å². The van der Waals surface area contributed by atoms with Crippen LogP contribution < -0.4 is 11.1 Å². The maximum Gasteiger partial charge on any atom is 0.220 e. The normalized spacial score (nSPS) is 11.8. The summed E-state index contributed by atoms with van der Waals surface area (Å²) in [5, 5.41) is 11.0. The smallest absolute Gasteiger partial charge is 0.220 e. The molecule has 0 aromatic rings. The molecule has 0 heterocycles. The van der Waals surface area contributed by atoms with Gasteiger partial charge in [0.25, 0.3) is 0 Å². The highest BCUT2D eigenvalue weighted by atomic mass is 16.1. The van der Waals surface area contributed by atoms with Crippen molar-refractivity contribution in [1.29, 1.82) is 5.26 Å². The van der Waals surface area contributed by atoms with Crippen LogP contribution in [0, 0.1) is 17.2 Å². The fraction of sp³-hybridized carbons (Fsp3) is 0.818. The zero-order chi connectivity index (χ0) is 11.5. The molecular weight excluding hydrogens is 190 g/mol. The Kier molecular flexibility index (Phi) is 8.79. The molecular formula is C11H21N3O. The molecule has 0 fully saturated rings. The van der Waals surface area contributed by atoms with E-state index < -0.39 is 0 Å². The van der Waals surface area contributed by atoms with Crippen LogP contribution in [0.25, 0.3) is 0 Å². The number of nitrogens with one attached hydrogen (secondary N) is 1. The van der Waals surface area contributed by atoms with Crippen LogP contribution in [0.1, 0.15) is 39.0 Å². The van der Waals surface area contributed by atoms with Crippen LogP contribution in [0.3, 0.4) is 0 Å². The molecule has 4 nitrogen and oxygen atoms in total. The first kappa shape index (κ1) is 13.9. The molecule has 1 amide bonds. The zero-order valence-corrected chi connectivity index (χ0v) is 9.46. The largest absolute Gasteiger partial charge is 0.355 e. The lowest BCUT2D eigenvalue weighted by Crippen LogP contribution is -2.24. The summed E-state index contributed by atoms with van der Waals surface area (Å²) in [7, 11) is 0. The number of amides is 1. The van der Waals surface area contributed by atoms with Crippen molar-refractivity contribution in [2.24, 2.45) is 11.7 Å². The molecule has 0 saturated heterocycles. The van der Waals surface area contributed by atoms with Gasteiger partial charge >= 0.3 is 0 Å². The molecule has 15 heavy (non-hydrogen) atoms. The lowest BCUT2D eigenvalue weighted by molar-refractivity contribution is -0.121. The summed E-state index contributed by atoms with van der Waals surface area (Å²) in [5.41, 5.74) is 5.47. The van der Waals surface area contributed by atoms with Gasteiger partial charge in [-0.3, -0.25) is 4.79 Å². The van der Waals surface area contributed by atoms with E-state index in [1.165, 1.54) is 0 Å². The fourth-order valence-electron chi connectivity index (χ4n) is 1.47. The van der Waals surface area contributed by atoms with Crippen molar-refractivity contribution in [3.63, 3.8) is 0 Å². The number of carbonyl (C=O) groups excluding carboxylic acids is 1. The van der Waals surface area contributed by atoms with Gasteiger partial charge in [0, 0.05) is 13.0 Å². The van der Waals surface area contributed by atoms with Crippen LogP contribution in [-0.4, -0.2) is 19.0 Å². The maximum atomic E-state index is 11.3. The molecule has 3 N–H and O–H groups in total. The molecule has 0 aliphatic rings. The third-order valence-electron chi connectivity index (χ3n) is 2.49. The van der Waals surface area contributed by atoms with Gasteiger partial charge in [0.05, 0.1) is 12.5 Å². The number of nitrogens with two attached hydrogens (primary N) is 1. The summed E-state index contributed by atoms with van der Waals surface area (Å²) >= 11 is 0. The van der Waals surface area contributed by atoms with Gasteiger partial charge in [-0.15, -0.1) is 0 Å². The SMILES string of the molecule is CCC(CCN)CCC(=O)NCCC#N. The van der Waals surface area contributed by atoms with Crippen LogP contribution >= 0.6 is 0 Å². The van der Waals surface area contributed by atoms with E-state index in [2.05, 4.69) is 12.2 Å². The van der Waals surface area contributed by atoms with E-state index in [0.29, 0.717) is 31.8 Å². The average molecular weight is 211 g/mol. The van der Waals surface area contributed by atoms with Crippen molar-refractivity contribution >= 4 is 5.91 Å². The first-order valence-electron chi connectivity index (χ1n) is 5.58. The predicted octanol–water partition coefficient (Wildman–Crippen LogP) is 1.17. The molecule has 4 heteroatoms. The first-order valence-corrected chi connectivity index (χ1v) is 5.58. The summed E-state index contributed by atoms with van der Waals surface area (Å²) < 4.78 is 0. The molecule has 86 valence electrons. The second-order valence-corrected chi connectivity index (χ2v) is 3.65. The minimum atomic E-state index is 0.0423. The first-order chi connectivity index (χ1) is 7.24. The second-order valence-electron chi connectivity index (χ2n) is 3.65. The van der Waals surface area contributed by atoms with Crippen LogP contribution in [-0.2, 0) is 4.79 Å². The monoisotopic (exact) mass is 211 g/mol. The molecule has 0 aromatic carbocycles. The lowest BCUT2D eigenvalue weighted by atomic mass is 9.96. The molecule has 0 spiro atoms. The van der Waals surface area contributed by atoms with E-state index in [4.69, 9.17) is 11.0 Å². The van der Waals surface area contributed by atoms with Gasteiger partial charge in [-0.25, -0.2) is 0 Å². The quantitative estimate of drug-likeness (QED) is 0.591. The summed E-state index contributed by atoms with van der Waals surface area (Å²) in [5.74, 6) is 0.595. The number of hydrogen-bond donors (Lipinski definition) is 2.